The SMILES string of the molecule is Br.COC(=O)c1ccc(N=C(SCC(=O)c2ccc(Br)cc2)N(C)C)cc1. The van der Waals surface area contributed by atoms with E-state index >= 15 is 0 Å². The molecule has 0 spiro atoms. The molecule has 0 bridgehead atoms. The van der Waals surface area contributed by atoms with Crippen molar-refractivity contribution in [1.82, 2.24) is 4.90 Å². The van der Waals surface area contributed by atoms with E-state index in [4.69, 9.17) is 0 Å². The minimum atomic E-state index is -0.386. The van der Waals surface area contributed by atoms with E-state index in [1.165, 1.54) is 18.9 Å². The fourth-order valence-corrected chi connectivity index (χ4v) is 3.13. The number of hydrogen-bond acceptors (Lipinski definition) is 5. The van der Waals surface area contributed by atoms with E-state index in [1.54, 1.807) is 36.4 Å². The van der Waals surface area contributed by atoms with Gasteiger partial charge in [0.1, 0.15) is 0 Å². The molecule has 8 heteroatoms. The van der Waals surface area contributed by atoms with Gasteiger partial charge in [-0.1, -0.05) is 39.8 Å². The van der Waals surface area contributed by atoms with Crippen molar-refractivity contribution in [2.45, 2.75) is 0 Å². The number of thioether (sulfide) groups is 1. The summed E-state index contributed by atoms with van der Waals surface area (Å²) < 4.78 is 5.62. The molecule has 0 aliphatic rings. The van der Waals surface area contributed by atoms with Crippen LogP contribution in [0, 0.1) is 0 Å². The van der Waals surface area contributed by atoms with E-state index in [2.05, 4.69) is 25.7 Å². The highest BCUT2D eigenvalue weighted by molar-refractivity contribution is 9.10. The van der Waals surface area contributed by atoms with Crippen LogP contribution in [-0.2, 0) is 4.74 Å². The third-order valence-corrected chi connectivity index (χ3v) is 5.04. The van der Waals surface area contributed by atoms with Crippen LogP contribution in [0.5, 0.6) is 0 Å². The normalized spacial score (nSPS) is 10.7. The Balaban J connectivity index is 0.00000364. The number of methoxy groups -OCH3 is 1. The maximum atomic E-state index is 12.3. The molecule has 2 rings (SSSR count). The van der Waals surface area contributed by atoms with E-state index in [1.807, 2.05) is 31.1 Å². The van der Waals surface area contributed by atoms with Gasteiger partial charge in [-0.3, -0.25) is 4.79 Å². The van der Waals surface area contributed by atoms with E-state index in [9.17, 15) is 9.59 Å². The Hall–Kier alpha value is -1.64. The van der Waals surface area contributed by atoms with Gasteiger partial charge in [0.25, 0.3) is 0 Å². The van der Waals surface area contributed by atoms with Crippen LogP contribution in [0.1, 0.15) is 20.7 Å². The lowest BCUT2D eigenvalue weighted by Crippen LogP contribution is -2.20. The molecular weight excluding hydrogens is 496 g/mol. The van der Waals surface area contributed by atoms with Crippen LogP contribution >= 0.6 is 44.7 Å². The van der Waals surface area contributed by atoms with Crippen molar-refractivity contribution in [3.63, 3.8) is 0 Å². The van der Waals surface area contributed by atoms with Gasteiger partial charge in [0.2, 0.25) is 0 Å². The van der Waals surface area contributed by atoms with Crippen LogP contribution in [0.15, 0.2) is 58.0 Å². The Kier molecular flexibility index (Phi) is 9.76. The molecule has 0 heterocycles. The average molecular weight is 516 g/mol. The molecule has 0 aromatic heterocycles. The molecule has 0 N–H and O–H groups in total. The first-order valence-corrected chi connectivity index (χ1v) is 9.54. The van der Waals surface area contributed by atoms with Gasteiger partial charge in [0.15, 0.2) is 11.0 Å². The fourth-order valence-electron chi connectivity index (χ4n) is 2.01. The second kappa shape index (κ2) is 11.3. The molecule has 0 unspecified atom stereocenters. The number of rotatable bonds is 5. The molecule has 0 saturated carbocycles. The van der Waals surface area contributed by atoms with Gasteiger partial charge in [-0.25, -0.2) is 9.79 Å². The number of Topliss-reactive ketones (excluding diaryl/α,β-unsaturated/α-hetero) is 1. The van der Waals surface area contributed by atoms with Crippen LogP contribution in [0.2, 0.25) is 0 Å². The van der Waals surface area contributed by atoms with Crippen molar-refractivity contribution in [1.29, 1.82) is 0 Å². The Labute approximate surface area is 182 Å². The van der Waals surface area contributed by atoms with E-state index < -0.39 is 0 Å². The van der Waals surface area contributed by atoms with E-state index in [-0.39, 0.29) is 28.7 Å². The molecule has 0 fully saturated rings. The number of esters is 1. The van der Waals surface area contributed by atoms with Crippen molar-refractivity contribution < 1.29 is 14.3 Å². The van der Waals surface area contributed by atoms with Crippen molar-refractivity contribution in [3.8, 4) is 0 Å². The highest BCUT2D eigenvalue weighted by Crippen LogP contribution is 2.19. The highest BCUT2D eigenvalue weighted by Gasteiger charge is 2.11. The Morgan fingerprint density at radius 2 is 1.59 bits per heavy atom. The number of amidine groups is 1. The number of aliphatic imine (C=N–C) groups is 1. The molecule has 2 aromatic rings. The number of halogens is 2. The fraction of sp³-hybridized carbons (Fsp3) is 0.211. The van der Waals surface area contributed by atoms with E-state index in [0.29, 0.717) is 27.7 Å². The summed E-state index contributed by atoms with van der Waals surface area (Å²) in [4.78, 5) is 30.2. The van der Waals surface area contributed by atoms with Gasteiger partial charge in [0.05, 0.1) is 24.1 Å². The molecule has 0 atom stereocenters. The third kappa shape index (κ3) is 7.12. The maximum absolute atomic E-state index is 12.3. The van der Waals surface area contributed by atoms with E-state index in [0.717, 1.165) is 4.47 Å². The number of carbonyl (C=O) groups excluding carboxylic acids is 2. The molecule has 144 valence electrons. The lowest BCUT2D eigenvalue weighted by atomic mass is 10.2. The standard InChI is InChI=1S/C19H19BrN2O3S.BrH/c1-22(2)19(21-16-10-6-14(7-11-16)18(24)25-3)26-12-17(23)13-4-8-15(20)9-5-13;/h4-11H,12H2,1-3H3;1H. The summed E-state index contributed by atoms with van der Waals surface area (Å²) in [6.45, 7) is 0. The Bertz CT molecular complexity index is 807. The number of carbonyl (C=O) groups is 2. The van der Waals surface area contributed by atoms with Gasteiger partial charge in [-0.05, 0) is 36.4 Å². The maximum Gasteiger partial charge on any atom is 0.337 e. The summed E-state index contributed by atoms with van der Waals surface area (Å²) >= 11 is 4.73. The number of benzene rings is 2. The van der Waals surface area contributed by atoms with Crippen molar-refractivity contribution in [2.24, 2.45) is 4.99 Å². The zero-order valence-electron chi connectivity index (χ0n) is 15.1. The molecule has 0 aliphatic carbocycles. The number of nitrogens with zero attached hydrogens (tertiary/aromatic N) is 2. The lowest BCUT2D eigenvalue weighted by Gasteiger charge is -2.15. The van der Waals surface area contributed by atoms with Crippen molar-refractivity contribution >= 4 is 67.3 Å². The van der Waals surface area contributed by atoms with Crippen LogP contribution in [0.25, 0.3) is 0 Å². The monoisotopic (exact) mass is 514 g/mol. The summed E-state index contributed by atoms with van der Waals surface area (Å²) in [5, 5.41) is 0.710. The average Bonchev–Trinajstić information content (AvgIpc) is 2.65. The zero-order valence-corrected chi connectivity index (χ0v) is 19.3. The first kappa shape index (κ1) is 23.4. The van der Waals surface area contributed by atoms with Crippen molar-refractivity contribution in [3.05, 3.63) is 64.1 Å². The third-order valence-electron chi connectivity index (χ3n) is 3.39. The van der Waals surface area contributed by atoms with Crippen LogP contribution < -0.4 is 0 Å². The second-order valence-corrected chi connectivity index (χ2v) is 7.40. The van der Waals surface area contributed by atoms with Gasteiger partial charge in [-0.2, -0.15) is 0 Å². The molecule has 0 amide bonds. The molecular formula is C19H20Br2N2O3S. The first-order valence-electron chi connectivity index (χ1n) is 7.76. The Morgan fingerprint density at radius 3 is 2.11 bits per heavy atom. The van der Waals surface area contributed by atoms with Crippen molar-refractivity contribution in [2.75, 3.05) is 27.0 Å². The predicted octanol–water partition coefficient (Wildman–Crippen LogP) is 4.98. The molecule has 2 aromatic carbocycles. The van der Waals surface area contributed by atoms with Gasteiger partial charge in [0, 0.05) is 24.1 Å². The Morgan fingerprint density at radius 1 is 1.04 bits per heavy atom. The number of ketones is 1. The molecule has 0 saturated heterocycles. The van der Waals surface area contributed by atoms with Crippen LogP contribution in [0.3, 0.4) is 0 Å². The molecule has 27 heavy (non-hydrogen) atoms. The zero-order chi connectivity index (χ0) is 19.1. The summed E-state index contributed by atoms with van der Waals surface area (Å²) in [5.74, 6) is -0.0558. The number of ether oxygens (including phenoxy) is 1. The highest BCUT2D eigenvalue weighted by atomic mass is 79.9. The summed E-state index contributed by atoms with van der Waals surface area (Å²) in [6, 6.07) is 14.1. The predicted molar refractivity (Wildman–Crippen MR) is 120 cm³/mol. The summed E-state index contributed by atoms with van der Waals surface area (Å²) in [5.41, 5.74) is 1.84. The molecule has 0 aliphatic heterocycles. The molecule has 5 nitrogen and oxygen atoms in total. The lowest BCUT2D eigenvalue weighted by molar-refractivity contribution is 0.0600. The minimum Gasteiger partial charge on any atom is -0.465 e. The molecule has 0 radical (unpaired) electrons. The first-order chi connectivity index (χ1) is 12.4. The van der Waals surface area contributed by atoms with Crippen LogP contribution in [-0.4, -0.2) is 48.8 Å². The van der Waals surface area contributed by atoms with Gasteiger partial charge < -0.3 is 9.64 Å². The smallest absolute Gasteiger partial charge is 0.337 e. The largest absolute Gasteiger partial charge is 0.465 e. The van der Waals surface area contributed by atoms with Gasteiger partial charge in [-0.15, -0.1) is 17.0 Å². The summed E-state index contributed by atoms with van der Waals surface area (Å²) in [7, 11) is 5.09. The topological polar surface area (TPSA) is 59.0 Å². The number of hydrogen-bond donors (Lipinski definition) is 0. The minimum absolute atomic E-state index is 0. The van der Waals surface area contributed by atoms with Gasteiger partial charge >= 0.3 is 5.97 Å². The quantitative estimate of drug-likeness (QED) is 0.243. The second-order valence-electron chi connectivity index (χ2n) is 5.55. The summed E-state index contributed by atoms with van der Waals surface area (Å²) in [6.07, 6.45) is 0. The van der Waals surface area contributed by atoms with Crippen LogP contribution in [0.4, 0.5) is 5.69 Å².